The summed E-state index contributed by atoms with van der Waals surface area (Å²) in [5.74, 6) is 1.36. The fourth-order valence-corrected chi connectivity index (χ4v) is 4.41. The number of benzene rings is 2. The lowest BCUT2D eigenvalue weighted by Gasteiger charge is -2.24. The van der Waals surface area contributed by atoms with Crippen LogP contribution in [0.15, 0.2) is 53.6 Å². The molecular weight excluding hydrogens is 532 g/mol. The van der Waals surface area contributed by atoms with Gasteiger partial charge in [0.05, 0.1) is 18.7 Å². The maximum atomic E-state index is 12.2. The highest BCUT2D eigenvalue weighted by atomic mass is 35.5. The highest BCUT2D eigenvalue weighted by Gasteiger charge is 2.17. The van der Waals surface area contributed by atoms with E-state index in [9.17, 15) is 14.7 Å². The molecule has 218 valence electrons. The third kappa shape index (κ3) is 10.9. The van der Waals surface area contributed by atoms with Gasteiger partial charge in [-0.25, -0.2) is 5.43 Å². The van der Waals surface area contributed by atoms with Crippen molar-refractivity contribution in [3.8, 4) is 5.75 Å². The number of hydrazone groups is 1. The Labute approximate surface area is 242 Å². The first-order chi connectivity index (χ1) is 19.0. The molecule has 1 aliphatic heterocycles. The van der Waals surface area contributed by atoms with Gasteiger partial charge in [-0.3, -0.25) is 9.59 Å². The van der Waals surface area contributed by atoms with Crippen molar-refractivity contribution in [2.75, 3.05) is 39.5 Å². The number of carbonyl (C=O) groups is 2. The Hall–Kier alpha value is -2.98. The molecule has 0 aromatic heterocycles. The minimum Gasteiger partial charge on any atom is -0.491 e. The average molecular weight is 573 g/mol. The second-order valence-corrected chi connectivity index (χ2v) is 10.3. The molecule has 0 bridgehead atoms. The molecule has 0 radical (unpaired) electrons. The van der Waals surface area contributed by atoms with Crippen molar-refractivity contribution < 1.29 is 24.2 Å². The summed E-state index contributed by atoms with van der Waals surface area (Å²) in [6.45, 7) is 3.21. The molecule has 1 heterocycles. The summed E-state index contributed by atoms with van der Waals surface area (Å²) in [6, 6.07) is 15.6. The van der Waals surface area contributed by atoms with Gasteiger partial charge in [0.15, 0.2) is 0 Å². The molecular formula is C30H41ClN4O5. The number of carbonyl (C=O) groups excluding carboxylic acids is 2. The van der Waals surface area contributed by atoms with Gasteiger partial charge in [0.25, 0.3) is 0 Å². The highest BCUT2D eigenvalue weighted by Crippen LogP contribution is 2.26. The number of halogens is 1. The first kappa shape index (κ1) is 31.5. The zero-order valence-corrected chi connectivity index (χ0v) is 23.7. The number of aliphatic hydroxyl groups excluding tert-OH is 1. The number of hydrogen-bond acceptors (Lipinski definition) is 7. The molecule has 0 saturated heterocycles. The van der Waals surface area contributed by atoms with Crippen molar-refractivity contribution in [3.63, 3.8) is 0 Å². The molecule has 2 aromatic rings. The first-order valence-electron chi connectivity index (χ1n) is 13.9. The van der Waals surface area contributed by atoms with Gasteiger partial charge in [0.1, 0.15) is 18.5 Å². The number of hydrogen-bond donors (Lipinski definition) is 4. The van der Waals surface area contributed by atoms with Crippen molar-refractivity contribution >= 4 is 29.9 Å². The fraction of sp³-hybridized carbons (Fsp3) is 0.500. The molecule has 10 heteroatoms. The summed E-state index contributed by atoms with van der Waals surface area (Å²) in [4.78, 5) is 23.5. The third-order valence-corrected chi connectivity index (χ3v) is 7.04. The van der Waals surface area contributed by atoms with Crippen molar-refractivity contribution in [1.82, 2.24) is 16.1 Å². The van der Waals surface area contributed by atoms with E-state index in [2.05, 4.69) is 21.2 Å². The highest BCUT2D eigenvalue weighted by molar-refractivity contribution is 6.04. The molecule has 2 aliphatic rings. The van der Waals surface area contributed by atoms with E-state index >= 15 is 0 Å². The number of amides is 2. The van der Waals surface area contributed by atoms with Crippen molar-refractivity contribution in [2.24, 2.45) is 11.0 Å². The first-order valence-corrected chi connectivity index (χ1v) is 13.9. The predicted molar refractivity (Wildman–Crippen MR) is 157 cm³/mol. The molecule has 9 nitrogen and oxygen atoms in total. The molecule has 2 amide bonds. The Balaban J connectivity index is 0.00000441. The van der Waals surface area contributed by atoms with Crippen molar-refractivity contribution in [3.05, 3.63) is 65.2 Å². The Morgan fingerprint density at radius 3 is 2.48 bits per heavy atom. The van der Waals surface area contributed by atoms with E-state index in [0.29, 0.717) is 32.5 Å². The van der Waals surface area contributed by atoms with Crippen LogP contribution >= 0.6 is 12.4 Å². The number of nitrogens with zero attached hydrogens (tertiary/aromatic N) is 1. The lowest BCUT2D eigenvalue weighted by molar-refractivity contribution is -0.121. The summed E-state index contributed by atoms with van der Waals surface area (Å²) in [5.41, 5.74) is 6.41. The maximum Gasteiger partial charge on any atom is 0.240 e. The van der Waals surface area contributed by atoms with E-state index < -0.39 is 6.10 Å². The molecule has 2 aromatic carbocycles. The molecule has 4 N–H and O–H groups in total. The van der Waals surface area contributed by atoms with Crippen LogP contribution in [0, 0.1) is 5.92 Å². The number of aliphatic hydroxyl groups is 1. The standard InChI is InChI=1S/C30H40N4O5.ClH/c35-26(21-39-27-10-6-22(7-11-27)14-17-38-20-24-2-1-3-24)19-31-15-16-32-30(37)18-23-4-8-25(9-5-23)28-12-13-29(36)34-33-28;/h4-11,24,26,31,35H,1-3,12-21H2,(H,32,37)(H,34,36);1H. The number of ether oxygens (including phenoxy) is 2. The Morgan fingerprint density at radius 1 is 1.05 bits per heavy atom. The normalized spacial score (nSPS) is 15.7. The molecule has 1 saturated carbocycles. The van der Waals surface area contributed by atoms with Crippen LogP contribution < -0.4 is 20.8 Å². The van der Waals surface area contributed by atoms with Gasteiger partial charge < -0.3 is 25.2 Å². The monoisotopic (exact) mass is 572 g/mol. The van der Waals surface area contributed by atoms with E-state index in [1.807, 2.05) is 48.5 Å². The second kappa shape index (κ2) is 17.0. The second-order valence-electron chi connectivity index (χ2n) is 10.3. The summed E-state index contributed by atoms with van der Waals surface area (Å²) < 4.78 is 11.5. The van der Waals surface area contributed by atoms with Crippen LogP contribution in [-0.2, 0) is 27.2 Å². The molecule has 0 spiro atoms. The molecule has 1 fully saturated rings. The SMILES string of the molecule is Cl.O=C(Cc1ccc(C2=NNC(=O)CC2)cc1)NCCNCC(O)COc1ccc(CCOCC2CCC2)cc1. The zero-order valence-electron chi connectivity index (χ0n) is 22.9. The summed E-state index contributed by atoms with van der Waals surface area (Å²) >= 11 is 0. The summed E-state index contributed by atoms with van der Waals surface area (Å²) in [7, 11) is 0. The van der Waals surface area contributed by atoms with Crippen molar-refractivity contribution in [2.45, 2.75) is 51.0 Å². The van der Waals surface area contributed by atoms with Crippen LogP contribution in [0.2, 0.25) is 0 Å². The minimum absolute atomic E-state index is 0. The number of rotatable bonds is 16. The van der Waals surface area contributed by atoms with Gasteiger partial charge in [-0.2, -0.15) is 5.10 Å². The van der Waals surface area contributed by atoms with Crippen LogP contribution in [-0.4, -0.2) is 68.2 Å². The fourth-order valence-electron chi connectivity index (χ4n) is 4.41. The van der Waals surface area contributed by atoms with E-state index in [4.69, 9.17) is 9.47 Å². The Kier molecular flexibility index (Phi) is 13.4. The zero-order chi connectivity index (χ0) is 27.3. The predicted octanol–water partition coefficient (Wildman–Crippen LogP) is 2.77. The van der Waals surface area contributed by atoms with Crippen LogP contribution in [0.4, 0.5) is 0 Å². The largest absolute Gasteiger partial charge is 0.491 e. The molecule has 4 rings (SSSR count). The summed E-state index contributed by atoms with van der Waals surface area (Å²) in [6.07, 6.45) is 5.53. The van der Waals surface area contributed by atoms with E-state index in [-0.39, 0.29) is 37.2 Å². The lowest BCUT2D eigenvalue weighted by Crippen LogP contribution is -2.37. The Bertz CT molecular complexity index is 1090. The molecule has 1 unspecified atom stereocenters. The lowest BCUT2D eigenvalue weighted by atomic mass is 9.86. The van der Waals surface area contributed by atoms with Gasteiger partial charge in [0, 0.05) is 39.1 Å². The smallest absolute Gasteiger partial charge is 0.240 e. The summed E-state index contributed by atoms with van der Waals surface area (Å²) in [5, 5.41) is 20.3. The topological polar surface area (TPSA) is 121 Å². The third-order valence-electron chi connectivity index (χ3n) is 7.04. The van der Waals surface area contributed by atoms with Crippen LogP contribution in [0.25, 0.3) is 0 Å². The molecule has 1 atom stereocenters. The van der Waals surface area contributed by atoms with E-state index in [1.165, 1.54) is 24.8 Å². The van der Waals surface area contributed by atoms with Gasteiger partial charge in [0.2, 0.25) is 11.8 Å². The van der Waals surface area contributed by atoms with Gasteiger partial charge in [-0.1, -0.05) is 42.8 Å². The van der Waals surface area contributed by atoms with E-state index in [1.54, 1.807) is 0 Å². The van der Waals surface area contributed by atoms with Crippen LogP contribution in [0.1, 0.15) is 48.8 Å². The minimum atomic E-state index is -0.652. The van der Waals surface area contributed by atoms with Crippen molar-refractivity contribution in [1.29, 1.82) is 0 Å². The molecule has 40 heavy (non-hydrogen) atoms. The Morgan fingerprint density at radius 2 is 1.80 bits per heavy atom. The van der Waals surface area contributed by atoms with Gasteiger partial charge in [-0.15, -0.1) is 12.4 Å². The molecule has 1 aliphatic carbocycles. The van der Waals surface area contributed by atoms with Gasteiger partial charge >= 0.3 is 0 Å². The van der Waals surface area contributed by atoms with E-state index in [0.717, 1.165) is 48.1 Å². The van der Waals surface area contributed by atoms with Gasteiger partial charge in [-0.05, 0) is 54.0 Å². The van der Waals surface area contributed by atoms with Crippen LogP contribution in [0.3, 0.4) is 0 Å². The average Bonchev–Trinajstić information content (AvgIpc) is 2.92. The number of nitrogens with one attached hydrogen (secondary N) is 3. The maximum absolute atomic E-state index is 12.2. The quantitative estimate of drug-likeness (QED) is 0.230. The van der Waals surface area contributed by atoms with Crippen LogP contribution in [0.5, 0.6) is 5.75 Å².